The molecule has 1 rings (SSSR count). The summed E-state index contributed by atoms with van der Waals surface area (Å²) >= 11 is 0. The molecule has 1 unspecified atom stereocenters. The van der Waals surface area contributed by atoms with Crippen molar-refractivity contribution in [3.05, 3.63) is 24.3 Å². The van der Waals surface area contributed by atoms with Crippen molar-refractivity contribution in [2.45, 2.75) is 6.10 Å². The van der Waals surface area contributed by atoms with Gasteiger partial charge in [0.05, 0.1) is 13.7 Å². The first-order chi connectivity index (χ1) is 8.95. The van der Waals surface area contributed by atoms with E-state index >= 15 is 0 Å². The Morgan fingerprint density at radius 1 is 1.47 bits per heavy atom. The fourth-order valence-electron chi connectivity index (χ4n) is 1.33. The lowest BCUT2D eigenvalue weighted by Gasteiger charge is -2.19. The van der Waals surface area contributed by atoms with Crippen LogP contribution >= 0.6 is 0 Å². The number of aliphatic hydroxyl groups is 1. The number of methoxy groups -OCH3 is 1. The number of ether oxygens (including phenoxy) is 1. The number of aliphatic hydroxyl groups excluding tert-OH is 1. The smallest absolute Gasteiger partial charge is 0.334 e. The summed E-state index contributed by atoms with van der Waals surface area (Å²) in [5.74, 6) is -0.785. The SMILES string of the molecule is COc1cccc(N(C)C(=O)NCC(O)C(=O)O)c1. The van der Waals surface area contributed by atoms with E-state index < -0.39 is 18.1 Å². The van der Waals surface area contributed by atoms with Crippen LogP contribution in [0.3, 0.4) is 0 Å². The van der Waals surface area contributed by atoms with E-state index in [1.54, 1.807) is 24.3 Å². The Morgan fingerprint density at radius 3 is 2.74 bits per heavy atom. The summed E-state index contributed by atoms with van der Waals surface area (Å²) in [6, 6.07) is 6.31. The Balaban J connectivity index is 2.63. The van der Waals surface area contributed by atoms with Gasteiger partial charge in [0.2, 0.25) is 0 Å². The molecule has 0 saturated carbocycles. The molecule has 0 spiro atoms. The highest BCUT2D eigenvalue weighted by atomic mass is 16.5. The Labute approximate surface area is 110 Å². The van der Waals surface area contributed by atoms with Gasteiger partial charge in [-0.05, 0) is 12.1 Å². The molecule has 0 aliphatic carbocycles. The van der Waals surface area contributed by atoms with E-state index in [9.17, 15) is 9.59 Å². The lowest BCUT2D eigenvalue weighted by atomic mass is 10.3. The molecule has 0 saturated heterocycles. The second kappa shape index (κ2) is 6.60. The summed E-state index contributed by atoms with van der Waals surface area (Å²) in [6.45, 7) is -0.359. The minimum absolute atomic E-state index is 0.359. The number of benzene rings is 1. The van der Waals surface area contributed by atoms with E-state index in [1.807, 2.05) is 0 Å². The number of aliphatic carboxylic acids is 1. The third-order valence-corrected chi connectivity index (χ3v) is 2.48. The molecular weight excluding hydrogens is 252 g/mol. The van der Waals surface area contributed by atoms with Crippen LogP contribution in [0.4, 0.5) is 10.5 Å². The first kappa shape index (κ1) is 14.8. The van der Waals surface area contributed by atoms with E-state index in [-0.39, 0.29) is 6.54 Å². The van der Waals surface area contributed by atoms with Crippen LogP contribution in [-0.4, -0.2) is 49.0 Å². The van der Waals surface area contributed by atoms with Gasteiger partial charge in [-0.1, -0.05) is 6.07 Å². The van der Waals surface area contributed by atoms with Crippen molar-refractivity contribution in [3.63, 3.8) is 0 Å². The standard InChI is InChI=1S/C12H16N2O5/c1-14(8-4-3-5-9(6-8)19-2)12(18)13-7-10(15)11(16)17/h3-6,10,15H,7H2,1-2H3,(H,13,18)(H,16,17). The Bertz CT molecular complexity index is 463. The zero-order chi connectivity index (χ0) is 14.4. The second-order valence-electron chi connectivity index (χ2n) is 3.80. The molecule has 0 radical (unpaired) electrons. The molecule has 19 heavy (non-hydrogen) atoms. The van der Waals surface area contributed by atoms with E-state index in [0.717, 1.165) is 0 Å². The number of hydrogen-bond acceptors (Lipinski definition) is 4. The Morgan fingerprint density at radius 2 is 2.16 bits per heavy atom. The molecular formula is C12H16N2O5. The second-order valence-corrected chi connectivity index (χ2v) is 3.80. The van der Waals surface area contributed by atoms with Crippen molar-refractivity contribution in [1.82, 2.24) is 5.32 Å². The van der Waals surface area contributed by atoms with Crippen LogP contribution in [0.25, 0.3) is 0 Å². The molecule has 104 valence electrons. The molecule has 1 aromatic rings. The highest BCUT2D eigenvalue weighted by molar-refractivity contribution is 5.91. The molecule has 0 aliphatic heterocycles. The molecule has 0 fully saturated rings. The minimum atomic E-state index is -1.62. The van der Waals surface area contributed by atoms with Crippen molar-refractivity contribution >= 4 is 17.7 Å². The number of carbonyl (C=O) groups excluding carboxylic acids is 1. The van der Waals surface area contributed by atoms with Crippen molar-refractivity contribution in [2.24, 2.45) is 0 Å². The molecule has 3 N–H and O–H groups in total. The van der Waals surface area contributed by atoms with Crippen LogP contribution in [0.2, 0.25) is 0 Å². The summed E-state index contributed by atoms with van der Waals surface area (Å²) in [5, 5.41) is 19.9. The number of anilines is 1. The van der Waals surface area contributed by atoms with Gasteiger partial charge in [-0.25, -0.2) is 9.59 Å². The van der Waals surface area contributed by atoms with Crippen LogP contribution in [0, 0.1) is 0 Å². The molecule has 2 amide bonds. The van der Waals surface area contributed by atoms with Gasteiger partial charge in [-0.15, -0.1) is 0 Å². The van der Waals surface area contributed by atoms with Crippen LogP contribution in [0.5, 0.6) is 5.75 Å². The molecule has 1 aromatic carbocycles. The lowest BCUT2D eigenvalue weighted by molar-refractivity contribution is -0.146. The third-order valence-electron chi connectivity index (χ3n) is 2.48. The molecule has 7 nitrogen and oxygen atoms in total. The number of carbonyl (C=O) groups is 2. The van der Waals surface area contributed by atoms with Gasteiger partial charge in [0.1, 0.15) is 5.75 Å². The normalized spacial score (nSPS) is 11.5. The van der Waals surface area contributed by atoms with E-state index in [1.165, 1.54) is 19.1 Å². The Hall–Kier alpha value is -2.28. The molecule has 0 heterocycles. The highest BCUT2D eigenvalue weighted by Crippen LogP contribution is 2.19. The highest BCUT2D eigenvalue weighted by Gasteiger charge is 2.16. The number of amides is 2. The van der Waals surface area contributed by atoms with E-state index in [2.05, 4.69) is 5.32 Å². The van der Waals surface area contributed by atoms with Crippen molar-refractivity contribution in [3.8, 4) is 5.75 Å². The summed E-state index contributed by atoms with van der Waals surface area (Å²) < 4.78 is 5.04. The van der Waals surface area contributed by atoms with Gasteiger partial charge in [-0.3, -0.25) is 4.90 Å². The fraction of sp³-hybridized carbons (Fsp3) is 0.333. The molecule has 0 aliphatic rings. The average Bonchev–Trinajstić information content (AvgIpc) is 2.43. The van der Waals surface area contributed by atoms with Crippen molar-refractivity contribution < 1.29 is 24.5 Å². The quantitative estimate of drug-likeness (QED) is 0.712. The van der Waals surface area contributed by atoms with Crippen LogP contribution in [0.15, 0.2) is 24.3 Å². The molecule has 7 heteroatoms. The number of rotatable bonds is 5. The zero-order valence-electron chi connectivity index (χ0n) is 10.7. The summed E-state index contributed by atoms with van der Waals surface area (Å²) in [5.41, 5.74) is 0.585. The number of urea groups is 1. The number of carboxylic acid groups (broad SMARTS) is 1. The van der Waals surface area contributed by atoms with Gasteiger partial charge in [0.15, 0.2) is 6.10 Å². The minimum Gasteiger partial charge on any atom is -0.497 e. The van der Waals surface area contributed by atoms with E-state index in [4.69, 9.17) is 14.9 Å². The zero-order valence-corrected chi connectivity index (χ0v) is 10.7. The maximum atomic E-state index is 11.7. The topological polar surface area (TPSA) is 99.1 Å². The number of nitrogens with zero attached hydrogens (tertiary/aromatic N) is 1. The number of carboxylic acids is 1. The van der Waals surface area contributed by atoms with Gasteiger partial charge < -0.3 is 20.3 Å². The largest absolute Gasteiger partial charge is 0.497 e. The monoisotopic (exact) mass is 268 g/mol. The Kier molecular flexibility index (Phi) is 5.13. The maximum absolute atomic E-state index is 11.7. The first-order valence-electron chi connectivity index (χ1n) is 5.52. The number of nitrogens with one attached hydrogen (secondary N) is 1. The van der Waals surface area contributed by atoms with Crippen LogP contribution < -0.4 is 15.0 Å². The van der Waals surface area contributed by atoms with E-state index in [0.29, 0.717) is 11.4 Å². The molecule has 0 aromatic heterocycles. The van der Waals surface area contributed by atoms with Gasteiger partial charge in [0.25, 0.3) is 0 Å². The molecule has 0 bridgehead atoms. The predicted molar refractivity (Wildman–Crippen MR) is 68.4 cm³/mol. The average molecular weight is 268 g/mol. The first-order valence-corrected chi connectivity index (χ1v) is 5.52. The fourth-order valence-corrected chi connectivity index (χ4v) is 1.33. The number of hydrogen-bond donors (Lipinski definition) is 3. The lowest BCUT2D eigenvalue weighted by Crippen LogP contribution is -2.43. The summed E-state index contributed by atoms with van der Waals surface area (Å²) in [6.07, 6.45) is -1.62. The molecule has 1 atom stereocenters. The van der Waals surface area contributed by atoms with Crippen molar-refractivity contribution in [2.75, 3.05) is 25.6 Å². The summed E-state index contributed by atoms with van der Waals surface area (Å²) in [7, 11) is 3.04. The van der Waals surface area contributed by atoms with Gasteiger partial charge >= 0.3 is 12.0 Å². The van der Waals surface area contributed by atoms with Gasteiger partial charge in [-0.2, -0.15) is 0 Å². The maximum Gasteiger partial charge on any atom is 0.334 e. The summed E-state index contributed by atoms with van der Waals surface area (Å²) in [4.78, 5) is 23.4. The van der Waals surface area contributed by atoms with Crippen LogP contribution in [-0.2, 0) is 4.79 Å². The predicted octanol–water partition coefficient (Wildman–Crippen LogP) is 0.286. The third kappa shape index (κ3) is 4.14. The van der Waals surface area contributed by atoms with Gasteiger partial charge in [0, 0.05) is 18.8 Å². The van der Waals surface area contributed by atoms with Crippen LogP contribution in [0.1, 0.15) is 0 Å². The van der Waals surface area contributed by atoms with Crippen molar-refractivity contribution in [1.29, 1.82) is 0 Å².